The average Bonchev–Trinajstić information content (AvgIpc) is 2.30. The van der Waals surface area contributed by atoms with Crippen LogP contribution in [0.5, 0.6) is 0 Å². The third kappa shape index (κ3) is 6.10. The number of alkyl halides is 2. The molecule has 0 fully saturated rings. The molecule has 3 nitrogen and oxygen atoms in total. The third-order valence-corrected chi connectivity index (χ3v) is 3.58. The average molecular weight is 358 g/mol. The lowest BCUT2D eigenvalue weighted by molar-refractivity contribution is 0.0182. The molecule has 0 aliphatic carbocycles. The van der Waals surface area contributed by atoms with Crippen LogP contribution >= 0.6 is 27.5 Å². The van der Waals surface area contributed by atoms with Crippen molar-refractivity contribution in [1.82, 2.24) is 9.97 Å². The van der Waals surface area contributed by atoms with E-state index in [4.69, 9.17) is 16.3 Å². The first-order chi connectivity index (χ1) is 8.90. The van der Waals surface area contributed by atoms with E-state index in [0.717, 1.165) is 12.1 Å². The van der Waals surface area contributed by atoms with Gasteiger partial charge in [-0.2, -0.15) is 0 Å². The highest BCUT2D eigenvalue weighted by molar-refractivity contribution is 9.10. The molecule has 19 heavy (non-hydrogen) atoms. The fraction of sp³-hybridized carbons (Fsp3) is 0.667. The van der Waals surface area contributed by atoms with E-state index in [2.05, 4.69) is 39.7 Å². The van der Waals surface area contributed by atoms with E-state index in [-0.39, 0.29) is 6.61 Å². The van der Waals surface area contributed by atoms with Gasteiger partial charge in [0, 0.05) is 6.42 Å². The van der Waals surface area contributed by atoms with Crippen molar-refractivity contribution in [2.24, 2.45) is 5.92 Å². The van der Waals surface area contributed by atoms with Crippen molar-refractivity contribution >= 4 is 27.5 Å². The van der Waals surface area contributed by atoms with Crippen molar-refractivity contribution in [3.8, 4) is 0 Å². The van der Waals surface area contributed by atoms with E-state index >= 15 is 0 Å². The topological polar surface area (TPSA) is 35.0 Å². The van der Waals surface area contributed by atoms with E-state index in [1.807, 2.05) is 0 Å². The largest absolute Gasteiger partial charge is 0.375 e. The molecule has 0 N–H and O–H groups in total. The number of ether oxygens (including phenoxy) is 1. The first kappa shape index (κ1) is 16.7. The van der Waals surface area contributed by atoms with Gasteiger partial charge >= 0.3 is 0 Å². The molecule has 0 bridgehead atoms. The molecule has 108 valence electrons. The third-order valence-electron chi connectivity index (χ3n) is 2.24. The summed E-state index contributed by atoms with van der Waals surface area (Å²) in [4.78, 5) is 8.48. The summed E-state index contributed by atoms with van der Waals surface area (Å²) >= 11 is 9.36. The van der Waals surface area contributed by atoms with Crippen LogP contribution in [-0.2, 0) is 17.6 Å². The van der Waals surface area contributed by atoms with E-state index < -0.39 is 13.0 Å². The van der Waals surface area contributed by atoms with Gasteiger partial charge < -0.3 is 4.74 Å². The van der Waals surface area contributed by atoms with Gasteiger partial charge in [0.1, 0.15) is 17.6 Å². The van der Waals surface area contributed by atoms with Gasteiger partial charge in [0.15, 0.2) is 0 Å². The van der Waals surface area contributed by atoms with Crippen LogP contribution in [0.25, 0.3) is 0 Å². The zero-order valence-electron chi connectivity index (χ0n) is 10.8. The minimum Gasteiger partial charge on any atom is -0.375 e. The Morgan fingerprint density at radius 3 is 2.58 bits per heavy atom. The zero-order chi connectivity index (χ0) is 14.4. The molecule has 0 saturated heterocycles. The SMILES string of the molecule is CC(C)Cc1nc(CCOCC(F)F)nc(Cl)c1Br. The first-order valence-electron chi connectivity index (χ1n) is 5.96. The quantitative estimate of drug-likeness (QED) is 0.548. The van der Waals surface area contributed by atoms with E-state index in [9.17, 15) is 8.78 Å². The second-order valence-electron chi connectivity index (χ2n) is 4.51. The molecule has 0 amide bonds. The standard InChI is InChI=1S/C12H16BrClF2N2O/c1-7(2)5-8-11(13)12(14)18-10(17-8)3-4-19-6-9(15)16/h7,9H,3-6H2,1-2H3. The fourth-order valence-corrected chi connectivity index (χ4v) is 2.03. The van der Waals surface area contributed by atoms with E-state index in [1.54, 1.807) is 0 Å². The molecular formula is C12H16BrClF2N2O. The summed E-state index contributed by atoms with van der Waals surface area (Å²) in [6, 6.07) is 0. The van der Waals surface area contributed by atoms with E-state index in [1.165, 1.54) is 0 Å². The fourth-order valence-electron chi connectivity index (χ4n) is 1.48. The number of hydrogen-bond acceptors (Lipinski definition) is 3. The summed E-state index contributed by atoms with van der Waals surface area (Å²) in [5.41, 5.74) is 0.832. The number of hydrogen-bond donors (Lipinski definition) is 0. The number of aromatic nitrogens is 2. The minimum atomic E-state index is -2.45. The molecule has 0 radical (unpaired) electrons. The molecular weight excluding hydrogens is 341 g/mol. The minimum absolute atomic E-state index is 0.156. The van der Waals surface area contributed by atoms with Gasteiger partial charge in [0.25, 0.3) is 6.43 Å². The monoisotopic (exact) mass is 356 g/mol. The Kier molecular flexibility index (Phi) is 7.10. The molecule has 0 aliphatic rings. The smallest absolute Gasteiger partial charge is 0.261 e. The van der Waals surface area contributed by atoms with Crippen LogP contribution in [-0.4, -0.2) is 29.6 Å². The highest BCUT2D eigenvalue weighted by Crippen LogP contribution is 2.25. The number of halogens is 4. The van der Waals surface area contributed by atoms with E-state index in [0.29, 0.717) is 27.8 Å². The zero-order valence-corrected chi connectivity index (χ0v) is 13.1. The summed E-state index contributed by atoms with van der Waals surface area (Å²) in [5.74, 6) is 0.948. The highest BCUT2D eigenvalue weighted by atomic mass is 79.9. The molecule has 0 aromatic carbocycles. The summed E-state index contributed by atoms with van der Waals surface area (Å²) in [6.45, 7) is 3.74. The molecule has 1 aromatic heterocycles. The van der Waals surface area contributed by atoms with Gasteiger partial charge in [0.2, 0.25) is 0 Å². The van der Waals surface area contributed by atoms with Crippen LogP contribution in [0, 0.1) is 5.92 Å². The molecule has 1 aromatic rings. The summed E-state index contributed by atoms with van der Waals surface area (Å²) in [5, 5.41) is 0.342. The molecule has 1 heterocycles. The van der Waals surface area contributed by atoms with Crippen molar-refractivity contribution in [3.63, 3.8) is 0 Å². The van der Waals surface area contributed by atoms with Crippen molar-refractivity contribution in [3.05, 3.63) is 21.1 Å². The van der Waals surface area contributed by atoms with Gasteiger partial charge in [0.05, 0.1) is 16.8 Å². The molecule has 0 atom stereocenters. The Bertz CT molecular complexity index is 419. The van der Waals surface area contributed by atoms with Crippen LogP contribution in [0.2, 0.25) is 5.15 Å². The Hall–Kier alpha value is -0.330. The maximum absolute atomic E-state index is 11.9. The molecule has 0 aliphatic heterocycles. The second-order valence-corrected chi connectivity index (χ2v) is 5.66. The lowest BCUT2D eigenvalue weighted by atomic mass is 10.1. The van der Waals surface area contributed by atoms with Gasteiger partial charge in [-0.25, -0.2) is 18.7 Å². The maximum Gasteiger partial charge on any atom is 0.261 e. The van der Waals surface area contributed by atoms with Crippen LogP contribution in [0.1, 0.15) is 25.4 Å². The molecule has 0 spiro atoms. The lowest BCUT2D eigenvalue weighted by Crippen LogP contribution is -2.10. The Balaban J connectivity index is 2.66. The summed E-state index contributed by atoms with van der Waals surface area (Å²) < 4.78 is 29.3. The van der Waals surface area contributed by atoms with Crippen LogP contribution < -0.4 is 0 Å². The van der Waals surface area contributed by atoms with Crippen LogP contribution in [0.4, 0.5) is 8.78 Å². The van der Waals surface area contributed by atoms with Crippen molar-refractivity contribution < 1.29 is 13.5 Å². The van der Waals surface area contributed by atoms with Gasteiger partial charge in [-0.05, 0) is 28.3 Å². The highest BCUT2D eigenvalue weighted by Gasteiger charge is 2.12. The maximum atomic E-state index is 11.9. The molecule has 0 unspecified atom stereocenters. The Morgan fingerprint density at radius 1 is 1.32 bits per heavy atom. The summed E-state index contributed by atoms with van der Waals surface area (Å²) in [6.07, 6.45) is -1.32. The Labute approximate surface area is 124 Å². The molecule has 0 saturated carbocycles. The molecule has 7 heteroatoms. The number of rotatable bonds is 7. The number of nitrogens with zero attached hydrogens (tertiary/aromatic N) is 2. The predicted molar refractivity (Wildman–Crippen MR) is 73.8 cm³/mol. The lowest BCUT2D eigenvalue weighted by Gasteiger charge is -2.10. The van der Waals surface area contributed by atoms with Gasteiger partial charge in [-0.3, -0.25) is 0 Å². The van der Waals surface area contributed by atoms with Crippen molar-refractivity contribution in [2.75, 3.05) is 13.2 Å². The van der Waals surface area contributed by atoms with Crippen molar-refractivity contribution in [1.29, 1.82) is 0 Å². The van der Waals surface area contributed by atoms with Crippen molar-refractivity contribution in [2.45, 2.75) is 33.1 Å². The predicted octanol–water partition coefficient (Wildman–Crippen LogP) is 3.92. The Morgan fingerprint density at radius 2 is 2.00 bits per heavy atom. The first-order valence-corrected chi connectivity index (χ1v) is 7.14. The summed E-state index contributed by atoms with van der Waals surface area (Å²) in [7, 11) is 0. The van der Waals surface area contributed by atoms with Gasteiger partial charge in [-0.1, -0.05) is 25.4 Å². The molecule has 1 rings (SSSR count). The van der Waals surface area contributed by atoms with Gasteiger partial charge in [-0.15, -0.1) is 0 Å². The second kappa shape index (κ2) is 8.07. The van der Waals surface area contributed by atoms with Crippen LogP contribution in [0.15, 0.2) is 4.47 Å². The van der Waals surface area contributed by atoms with Crippen LogP contribution in [0.3, 0.4) is 0 Å². The normalized spacial score (nSPS) is 11.6.